The van der Waals surface area contributed by atoms with E-state index in [-0.39, 0.29) is 11.8 Å². The van der Waals surface area contributed by atoms with Crippen molar-refractivity contribution in [3.8, 4) is 0 Å². The zero-order valence-electron chi connectivity index (χ0n) is 7.46. The minimum absolute atomic E-state index is 0.122. The second-order valence-electron chi connectivity index (χ2n) is 2.78. The van der Waals surface area contributed by atoms with Crippen molar-refractivity contribution < 1.29 is 4.79 Å². The molecule has 0 aromatic heterocycles. The number of Topliss-reactive ketones (excluding diaryl/α,β-unsaturated/α-hetero) is 1. The lowest BCUT2D eigenvalue weighted by molar-refractivity contribution is -0.120. The Balaban J connectivity index is 3.55. The molecule has 1 unspecified atom stereocenters. The van der Waals surface area contributed by atoms with Gasteiger partial charge in [0, 0.05) is 6.42 Å². The van der Waals surface area contributed by atoms with Gasteiger partial charge in [0.2, 0.25) is 0 Å². The summed E-state index contributed by atoms with van der Waals surface area (Å²) in [6.07, 6.45) is 6.36. The Morgan fingerprint density at radius 2 is 2.08 bits per heavy atom. The van der Waals surface area contributed by atoms with E-state index in [2.05, 4.69) is 13.2 Å². The number of carbonyl (C=O) groups excluding carboxylic acids is 1. The SMILES string of the molecule is C=CCCCC(=O)C(N)CC=C. The Hall–Kier alpha value is -0.890. The Kier molecular flexibility index (Phi) is 6.29. The summed E-state index contributed by atoms with van der Waals surface area (Å²) in [7, 11) is 0. The molecule has 0 saturated carbocycles. The molecule has 0 aliphatic heterocycles. The molecule has 0 heterocycles. The van der Waals surface area contributed by atoms with Crippen LogP contribution >= 0.6 is 0 Å². The molecule has 0 saturated heterocycles. The number of hydrogen-bond acceptors (Lipinski definition) is 2. The molecule has 0 rings (SSSR count). The van der Waals surface area contributed by atoms with Crippen molar-refractivity contribution in [2.75, 3.05) is 0 Å². The highest BCUT2D eigenvalue weighted by molar-refractivity contribution is 5.83. The molecule has 0 aromatic rings. The van der Waals surface area contributed by atoms with Crippen molar-refractivity contribution in [3.63, 3.8) is 0 Å². The van der Waals surface area contributed by atoms with E-state index >= 15 is 0 Å². The molecule has 0 radical (unpaired) electrons. The third kappa shape index (κ3) is 4.85. The van der Waals surface area contributed by atoms with Crippen molar-refractivity contribution in [2.45, 2.75) is 31.7 Å². The van der Waals surface area contributed by atoms with Gasteiger partial charge in [0.05, 0.1) is 6.04 Å². The molecule has 0 fully saturated rings. The molecule has 0 aliphatic carbocycles. The van der Waals surface area contributed by atoms with Crippen LogP contribution in [0.3, 0.4) is 0 Å². The molecule has 68 valence electrons. The van der Waals surface area contributed by atoms with E-state index in [9.17, 15) is 4.79 Å². The average molecular weight is 167 g/mol. The summed E-state index contributed by atoms with van der Waals surface area (Å²) >= 11 is 0. The van der Waals surface area contributed by atoms with Gasteiger partial charge in [0.1, 0.15) is 5.78 Å². The number of nitrogens with two attached hydrogens (primary N) is 1. The number of hydrogen-bond donors (Lipinski definition) is 1. The maximum atomic E-state index is 11.2. The van der Waals surface area contributed by atoms with Crippen molar-refractivity contribution in [2.24, 2.45) is 5.73 Å². The lowest BCUT2D eigenvalue weighted by Crippen LogP contribution is -2.29. The quantitative estimate of drug-likeness (QED) is 0.464. The lowest BCUT2D eigenvalue weighted by Gasteiger charge is -2.06. The fourth-order valence-electron chi connectivity index (χ4n) is 0.917. The molecule has 0 aromatic carbocycles. The molecule has 0 spiro atoms. The first-order valence-corrected chi connectivity index (χ1v) is 4.22. The number of rotatable bonds is 7. The van der Waals surface area contributed by atoms with Crippen molar-refractivity contribution in [1.82, 2.24) is 0 Å². The minimum Gasteiger partial charge on any atom is -0.321 e. The smallest absolute Gasteiger partial charge is 0.149 e. The fraction of sp³-hybridized carbons (Fsp3) is 0.500. The first kappa shape index (κ1) is 11.1. The van der Waals surface area contributed by atoms with Crippen LogP contribution in [0.4, 0.5) is 0 Å². The fourth-order valence-corrected chi connectivity index (χ4v) is 0.917. The van der Waals surface area contributed by atoms with Crippen LogP contribution in [0.25, 0.3) is 0 Å². The van der Waals surface area contributed by atoms with E-state index in [1.165, 1.54) is 0 Å². The Morgan fingerprint density at radius 1 is 1.42 bits per heavy atom. The number of allylic oxidation sites excluding steroid dienone is 1. The Morgan fingerprint density at radius 3 is 2.58 bits per heavy atom. The maximum Gasteiger partial charge on any atom is 0.149 e. The highest BCUT2D eigenvalue weighted by Gasteiger charge is 2.09. The van der Waals surface area contributed by atoms with Crippen LogP contribution in [0.2, 0.25) is 0 Å². The highest BCUT2D eigenvalue weighted by Crippen LogP contribution is 2.01. The van der Waals surface area contributed by atoms with Gasteiger partial charge in [-0.2, -0.15) is 0 Å². The predicted octanol–water partition coefficient (Wildman–Crippen LogP) is 1.82. The van der Waals surface area contributed by atoms with Gasteiger partial charge in [-0.3, -0.25) is 4.79 Å². The van der Waals surface area contributed by atoms with E-state index in [0.29, 0.717) is 12.8 Å². The number of unbranched alkanes of at least 4 members (excludes halogenated alkanes) is 1. The van der Waals surface area contributed by atoms with Crippen molar-refractivity contribution >= 4 is 5.78 Å². The van der Waals surface area contributed by atoms with Crippen LogP contribution in [0.5, 0.6) is 0 Å². The molecule has 0 aliphatic rings. The maximum absolute atomic E-state index is 11.2. The average Bonchev–Trinajstić information content (AvgIpc) is 2.05. The Labute approximate surface area is 74.1 Å². The molecule has 2 heteroatoms. The first-order chi connectivity index (χ1) is 5.72. The standard InChI is InChI=1S/C10H17NO/c1-3-5-6-8-10(12)9(11)7-4-2/h3-4,9H,1-2,5-8,11H2. The monoisotopic (exact) mass is 167 g/mol. The molecule has 2 nitrogen and oxygen atoms in total. The first-order valence-electron chi connectivity index (χ1n) is 4.22. The summed E-state index contributed by atoms with van der Waals surface area (Å²) in [5.41, 5.74) is 5.56. The summed E-state index contributed by atoms with van der Waals surface area (Å²) < 4.78 is 0. The normalized spacial score (nSPS) is 12.1. The van der Waals surface area contributed by atoms with Crippen LogP contribution in [0, 0.1) is 0 Å². The van der Waals surface area contributed by atoms with Crippen LogP contribution in [0.15, 0.2) is 25.3 Å². The number of ketones is 1. The van der Waals surface area contributed by atoms with E-state index in [1.54, 1.807) is 6.08 Å². The molecular weight excluding hydrogens is 150 g/mol. The molecule has 2 N–H and O–H groups in total. The van der Waals surface area contributed by atoms with Crippen LogP contribution < -0.4 is 5.73 Å². The van der Waals surface area contributed by atoms with E-state index in [1.807, 2.05) is 6.08 Å². The number of carbonyl (C=O) groups is 1. The van der Waals surface area contributed by atoms with E-state index < -0.39 is 0 Å². The largest absolute Gasteiger partial charge is 0.321 e. The minimum atomic E-state index is -0.354. The van der Waals surface area contributed by atoms with Gasteiger partial charge in [0.25, 0.3) is 0 Å². The topological polar surface area (TPSA) is 43.1 Å². The third-order valence-electron chi connectivity index (χ3n) is 1.67. The summed E-state index contributed by atoms with van der Waals surface area (Å²) in [6, 6.07) is -0.354. The van der Waals surface area contributed by atoms with E-state index in [4.69, 9.17) is 5.73 Å². The Bertz CT molecular complexity index is 163. The van der Waals surface area contributed by atoms with Gasteiger partial charge >= 0.3 is 0 Å². The predicted molar refractivity (Wildman–Crippen MR) is 51.8 cm³/mol. The van der Waals surface area contributed by atoms with Gasteiger partial charge in [-0.25, -0.2) is 0 Å². The zero-order valence-corrected chi connectivity index (χ0v) is 7.46. The van der Waals surface area contributed by atoms with Crippen LogP contribution in [0.1, 0.15) is 25.7 Å². The van der Waals surface area contributed by atoms with Gasteiger partial charge in [-0.1, -0.05) is 12.2 Å². The third-order valence-corrected chi connectivity index (χ3v) is 1.67. The lowest BCUT2D eigenvalue weighted by atomic mass is 10.0. The highest BCUT2D eigenvalue weighted by atomic mass is 16.1. The second-order valence-corrected chi connectivity index (χ2v) is 2.78. The summed E-state index contributed by atoms with van der Waals surface area (Å²) in [6.45, 7) is 7.11. The second kappa shape index (κ2) is 6.80. The molecule has 0 amide bonds. The molecule has 0 bridgehead atoms. The summed E-state index contributed by atoms with van der Waals surface area (Å²) in [4.78, 5) is 11.2. The van der Waals surface area contributed by atoms with Gasteiger partial charge in [-0.05, 0) is 19.3 Å². The molecular formula is C10H17NO. The van der Waals surface area contributed by atoms with Crippen molar-refractivity contribution in [1.29, 1.82) is 0 Å². The summed E-state index contributed by atoms with van der Waals surface area (Å²) in [5, 5.41) is 0. The molecule has 1 atom stereocenters. The van der Waals surface area contributed by atoms with E-state index in [0.717, 1.165) is 12.8 Å². The van der Waals surface area contributed by atoms with Gasteiger partial charge in [-0.15, -0.1) is 13.2 Å². The van der Waals surface area contributed by atoms with Crippen molar-refractivity contribution in [3.05, 3.63) is 25.3 Å². The zero-order chi connectivity index (χ0) is 9.40. The van der Waals surface area contributed by atoms with Gasteiger partial charge in [0.15, 0.2) is 0 Å². The van der Waals surface area contributed by atoms with Crippen LogP contribution in [-0.4, -0.2) is 11.8 Å². The summed E-state index contributed by atoms with van der Waals surface area (Å²) in [5.74, 6) is 0.122. The van der Waals surface area contributed by atoms with Gasteiger partial charge < -0.3 is 5.73 Å². The van der Waals surface area contributed by atoms with Crippen LogP contribution in [-0.2, 0) is 4.79 Å². The molecule has 12 heavy (non-hydrogen) atoms.